The van der Waals surface area contributed by atoms with Gasteiger partial charge in [0.05, 0.1) is 48.0 Å². The molecule has 11 heteroatoms. The minimum Gasteiger partial charge on any atom is -0.458 e. The molecule has 0 spiro atoms. The number of halogens is 1. The molecule has 3 aromatic rings. The van der Waals surface area contributed by atoms with Crippen LogP contribution in [-0.4, -0.2) is 56.9 Å². The maximum atomic E-state index is 15.1. The highest BCUT2D eigenvalue weighted by molar-refractivity contribution is 6.00. The lowest BCUT2D eigenvalue weighted by Crippen LogP contribution is -2.44. The number of hydrogen-bond donors (Lipinski definition) is 2. The SMILES string of the molecule is CC[C@@]1(O)C(=O)OCc2c1cc1n(c2=O)Cc2c-1nc1cc(F)c(C)c3c1c2[C@@H](NC(=O)CC(=O)CN(C)C(C)C)CC3. The highest BCUT2D eigenvalue weighted by Gasteiger charge is 2.46. The molecule has 43 heavy (non-hydrogen) atoms. The van der Waals surface area contributed by atoms with Crippen molar-refractivity contribution < 1.29 is 28.6 Å². The molecule has 0 fully saturated rings. The van der Waals surface area contributed by atoms with Crippen molar-refractivity contribution in [3.05, 3.63) is 61.7 Å². The van der Waals surface area contributed by atoms with Gasteiger partial charge in [0.2, 0.25) is 5.91 Å². The Kier molecular flexibility index (Phi) is 7.00. The van der Waals surface area contributed by atoms with Gasteiger partial charge in [0.15, 0.2) is 11.4 Å². The standard InChI is InChI=1S/C32H35FN4O6/c1-6-32(42)21-10-25-29-19(13-37(25)30(40)20(21)14-43-31(32)41)28-23(34-26(39)9-17(38)12-36(5)15(2)3)8-7-18-16(4)22(33)11-24(35-29)27(18)28/h10-11,15,23,42H,6-9,12-14H2,1-5H3,(H,34,39)/t23-,32-/m0/s1. The molecule has 2 atom stereocenters. The van der Waals surface area contributed by atoms with Crippen molar-refractivity contribution >= 4 is 28.6 Å². The normalized spacial score (nSPS) is 20.2. The molecule has 1 aliphatic carbocycles. The van der Waals surface area contributed by atoms with E-state index in [9.17, 15) is 24.3 Å². The topological polar surface area (TPSA) is 131 Å². The van der Waals surface area contributed by atoms with E-state index in [0.717, 1.165) is 16.5 Å². The third kappa shape index (κ3) is 4.48. The van der Waals surface area contributed by atoms with Crippen molar-refractivity contribution in [1.82, 2.24) is 19.8 Å². The number of ether oxygens (including phenoxy) is 1. The van der Waals surface area contributed by atoms with Gasteiger partial charge in [-0.1, -0.05) is 6.92 Å². The number of cyclic esters (lactones) is 1. The lowest BCUT2D eigenvalue weighted by Gasteiger charge is -2.31. The van der Waals surface area contributed by atoms with Gasteiger partial charge in [-0.3, -0.25) is 19.3 Å². The minimum atomic E-state index is -1.97. The van der Waals surface area contributed by atoms with Gasteiger partial charge in [-0.2, -0.15) is 0 Å². The zero-order chi connectivity index (χ0) is 31.0. The van der Waals surface area contributed by atoms with Crippen LogP contribution in [-0.2, 0) is 44.3 Å². The number of ketones is 1. The summed E-state index contributed by atoms with van der Waals surface area (Å²) in [7, 11) is 1.83. The Bertz CT molecular complexity index is 1800. The molecule has 2 aromatic heterocycles. The number of rotatable bonds is 7. The molecular formula is C32H35FN4O6. The number of aliphatic hydroxyl groups is 1. The van der Waals surface area contributed by atoms with E-state index in [1.807, 2.05) is 25.8 Å². The number of carbonyl (C=O) groups excluding carboxylic acids is 3. The van der Waals surface area contributed by atoms with E-state index >= 15 is 4.39 Å². The lowest BCUT2D eigenvalue weighted by atomic mass is 9.81. The van der Waals surface area contributed by atoms with Gasteiger partial charge in [-0.15, -0.1) is 0 Å². The fraction of sp³-hybridized carbons (Fsp3) is 0.469. The second-order valence-corrected chi connectivity index (χ2v) is 12.2. The van der Waals surface area contributed by atoms with Crippen molar-refractivity contribution in [2.75, 3.05) is 13.6 Å². The molecule has 3 aliphatic rings. The second kappa shape index (κ2) is 10.3. The predicted octanol–water partition coefficient (Wildman–Crippen LogP) is 2.93. The summed E-state index contributed by atoms with van der Waals surface area (Å²) in [4.78, 5) is 58.8. The first-order valence-electron chi connectivity index (χ1n) is 14.7. The van der Waals surface area contributed by atoms with Crippen LogP contribution in [0.3, 0.4) is 0 Å². The van der Waals surface area contributed by atoms with Gasteiger partial charge < -0.3 is 19.7 Å². The summed E-state index contributed by atoms with van der Waals surface area (Å²) in [6.07, 6.45) is 0.731. The highest BCUT2D eigenvalue weighted by Crippen LogP contribution is 2.45. The molecule has 10 nitrogen and oxygen atoms in total. The van der Waals surface area contributed by atoms with Gasteiger partial charge in [-0.05, 0) is 69.8 Å². The van der Waals surface area contributed by atoms with Gasteiger partial charge >= 0.3 is 5.97 Å². The third-order valence-electron chi connectivity index (χ3n) is 9.38. The average Bonchev–Trinajstić information content (AvgIpc) is 3.32. The molecule has 0 radical (unpaired) electrons. The van der Waals surface area contributed by atoms with Crippen LogP contribution in [0.15, 0.2) is 16.9 Å². The van der Waals surface area contributed by atoms with E-state index < -0.39 is 34.9 Å². The van der Waals surface area contributed by atoms with E-state index in [1.54, 1.807) is 19.9 Å². The van der Waals surface area contributed by atoms with Gasteiger partial charge in [0.25, 0.3) is 5.56 Å². The van der Waals surface area contributed by atoms with Crippen LogP contribution in [0.25, 0.3) is 22.3 Å². The zero-order valence-electron chi connectivity index (χ0n) is 25.0. The Morgan fingerprint density at radius 2 is 2.00 bits per heavy atom. The Hall–Kier alpha value is -3.96. The number of hydrogen-bond acceptors (Lipinski definition) is 8. The minimum absolute atomic E-state index is 0.0125. The van der Waals surface area contributed by atoms with Crippen LogP contribution in [0.1, 0.15) is 79.5 Å². The van der Waals surface area contributed by atoms with Crippen LogP contribution in [0.4, 0.5) is 4.39 Å². The number of amides is 1. The van der Waals surface area contributed by atoms with Crippen molar-refractivity contribution in [2.45, 2.75) is 84.2 Å². The Morgan fingerprint density at radius 1 is 1.26 bits per heavy atom. The number of carbonyl (C=O) groups is 3. The molecule has 6 rings (SSSR count). The second-order valence-electron chi connectivity index (χ2n) is 12.2. The summed E-state index contributed by atoms with van der Waals surface area (Å²) in [5, 5.41) is 15.0. The quantitative estimate of drug-likeness (QED) is 0.248. The Morgan fingerprint density at radius 3 is 2.70 bits per heavy atom. The summed E-state index contributed by atoms with van der Waals surface area (Å²) < 4.78 is 21.8. The maximum Gasteiger partial charge on any atom is 0.343 e. The van der Waals surface area contributed by atoms with Crippen molar-refractivity contribution in [3.63, 3.8) is 0 Å². The van der Waals surface area contributed by atoms with Crippen LogP contribution in [0.5, 0.6) is 0 Å². The zero-order valence-corrected chi connectivity index (χ0v) is 25.0. The molecule has 2 N–H and O–H groups in total. The molecule has 4 heterocycles. The number of esters is 1. The summed E-state index contributed by atoms with van der Waals surface area (Å²) in [5.41, 5.74) is 2.04. The average molecular weight is 591 g/mol. The first-order valence-corrected chi connectivity index (χ1v) is 14.7. The first-order chi connectivity index (χ1) is 20.3. The van der Waals surface area contributed by atoms with E-state index in [-0.39, 0.29) is 55.5 Å². The number of aromatic nitrogens is 2. The first kappa shape index (κ1) is 29.1. The number of pyridine rings is 2. The molecule has 1 aromatic carbocycles. The Balaban J connectivity index is 1.47. The van der Waals surface area contributed by atoms with Crippen LogP contribution < -0.4 is 10.9 Å². The number of aryl methyl sites for hydroxylation is 1. The van der Waals surface area contributed by atoms with Gasteiger partial charge in [0.1, 0.15) is 12.4 Å². The monoisotopic (exact) mass is 590 g/mol. The molecule has 0 saturated carbocycles. The molecule has 2 aliphatic heterocycles. The summed E-state index contributed by atoms with van der Waals surface area (Å²) in [6, 6.07) is 2.65. The number of nitrogens with one attached hydrogen (secondary N) is 1. The molecule has 226 valence electrons. The fourth-order valence-corrected chi connectivity index (χ4v) is 6.64. The Labute approximate surface area is 247 Å². The number of nitrogens with zero attached hydrogens (tertiary/aromatic N) is 3. The molecule has 0 saturated heterocycles. The summed E-state index contributed by atoms with van der Waals surface area (Å²) in [6.45, 7) is 7.36. The number of benzene rings is 1. The van der Waals surface area contributed by atoms with Crippen LogP contribution in [0.2, 0.25) is 0 Å². The van der Waals surface area contributed by atoms with E-state index in [2.05, 4.69) is 5.32 Å². The third-order valence-corrected chi connectivity index (χ3v) is 9.38. The fourth-order valence-electron chi connectivity index (χ4n) is 6.64. The van der Waals surface area contributed by atoms with Crippen LogP contribution >= 0.6 is 0 Å². The number of fused-ring (bicyclic) bond motifs is 5. The van der Waals surface area contributed by atoms with Gasteiger partial charge in [-0.25, -0.2) is 14.2 Å². The van der Waals surface area contributed by atoms with Crippen LogP contribution in [0, 0.1) is 12.7 Å². The predicted molar refractivity (Wildman–Crippen MR) is 156 cm³/mol. The van der Waals surface area contributed by atoms with Crippen molar-refractivity contribution in [3.8, 4) is 11.4 Å². The lowest BCUT2D eigenvalue weighted by molar-refractivity contribution is -0.172. The highest BCUT2D eigenvalue weighted by atomic mass is 19.1. The maximum absolute atomic E-state index is 15.1. The van der Waals surface area contributed by atoms with Crippen molar-refractivity contribution in [2.24, 2.45) is 0 Å². The molecule has 0 unspecified atom stereocenters. The molecule has 0 bridgehead atoms. The molecular weight excluding hydrogens is 555 g/mol. The number of likely N-dealkylation sites (N-methyl/N-ethyl adjacent to an activating group) is 1. The summed E-state index contributed by atoms with van der Waals surface area (Å²) in [5.74, 6) is -1.81. The summed E-state index contributed by atoms with van der Waals surface area (Å²) >= 11 is 0. The molecule has 1 amide bonds. The van der Waals surface area contributed by atoms with Crippen molar-refractivity contribution in [1.29, 1.82) is 0 Å². The van der Waals surface area contributed by atoms with E-state index in [4.69, 9.17) is 9.72 Å². The van der Waals surface area contributed by atoms with E-state index in [0.29, 0.717) is 40.9 Å². The smallest absolute Gasteiger partial charge is 0.343 e. The number of Topliss-reactive ketones (excluding diaryl/α,β-unsaturated/α-hetero) is 1. The largest absolute Gasteiger partial charge is 0.458 e. The van der Waals surface area contributed by atoms with Gasteiger partial charge in [0, 0.05) is 28.6 Å². The van der Waals surface area contributed by atoms with E-state index in [1.165, 1.54) is 10.6 Å².